The molecule has 6 nitrogen and oxygen atoms in total. The Kier molecular flexibility index (Phi) is 7.61. The van der Waals surface area contributed by atoms with E-state index in [1.807, 2.05) is 18.2 Å². The Balaban J connectivity index is 2.00. The van der Waals surface area contributed by atoms with E-state index in [9.17, 15) is 13.2 Å². The lowest BCUT2D eigenvalue weighted by molar-refractivity contribution is -0.119. The van der Waals surface area contributed by atoms with Crippen LogP contribution < -0.4 is 14.4 Å². The van der Waals surface area contributed by atoms with Crippen LogP contribution in [0.1, 0.15) is 0 Å². The molecule has 0 radical (unpaired) electrons. The first-order chi connectivity index (χ1) is 12.7. The molecule has 2 rings (SSSR count). The van der Waals surface area contributed by atoms with E-state index in [0.717, 1.165) is 10.6 Å². The van der Waals surface area contributed by atoms with E-state index in [4.69, 9.17) is 39.5 Å². The molecule has 0 aliphatic heterocycles. The summed E-state index contributed by atoms with van der Waals surface area (Å²) in [5, 5.41) is 2.97. The zero-order valence-electron chi connectivity index (χ0n) is 14.3. The van der Waals surface area contributed by atoms with Gasteiger partial charge in [0.05, 0.1) is 33.6 Å². The van der Waals surface area contributed by atoms with Gasteiger partial charge in [-0.2, -0.15) is 0 Å². The maximum absolute atomic E-state index is 12.2. The highest BCUT2D eigenvalue weighted by atomic mass is 35.5. The molecule has 27 heavy (non-hydrogen) atoms. The first-order valence-electron chi connectivity index (χ1n) is 7.75. The third-order valence-corrected chi connectivity index (χ3v) is 5.53. The van der Waals surface area contributed by atoms with Crippen molar-refractivity contribution in [3.63, 3.8) is 0 Å². The van der Waals surface area contributed by atoms with Crippen molar-refractivity contribution in [3.05, 3.63) is 57.5 Å². The van der Waals surface area contributed by atoms with Gasteiger partial charge in [-0.3, -0.25) is 9.10 Å². The molecule has 2 aromatic rings. The van der Waals surface area contributed by atoms with Crippen molar-refractivity contribution in [1.82, 2.24) is 5.32 Å². The summed E-state index contributed by atoms with van der Waals surface area (Å²) in [7, 11) is -3.78. The molecule has 10 heteroatoms. The van der Waals surface area contributed by atoms with E-state index < -0.39 is 22.5 Å². The Bertz CT molecular complexity index is 908. The highest BCUT2D eigenvalue weighted by Gasteiger charge is 2.24. The predicted octanol–water partition coefficient (Wildman–Crippen LogP) is 3.61. The molecule has 1 amide bonds. The number of ether oxygens (including phenoxy) is 1. The second-order valence-electron chi connectivity index (χ2n) is 5.50. The standard InChI is InChI=1S/C17H17Cl3N2O4S/c1-27(24,25)22(16-10-14(19)13(18)9-15(16)20)11-17(23)21-7-8-26-12-5-3-2-4-6-12/h2-6,9-10H,7-8,11H2,1H3,(H,21,23). The fraction of sp³-hybridized carbons (Fsp3) is 0.235. The van der Waals surface area contributed by atoms with E-state index in [-0.39, 0.29) is 33.9 Å². The van der Waals surface area contributed by atoms with Crippen molar-refractivity contribution < 1.29 is 17.9 Å². The van der Waals surface area contributed by atoms with Crippen molar-refractivity contribution in [1.29, 1.82) is 0 Å². The smallest absolute Gasteiger partial charge is 0.240 e. The lowest BCUT2D eigenvalue weighted by Gasteiger charge is -2.23. The highest BCUT2D eigenvalue weighted by Crippen LogP contribution is 2.35. The summed E-state index contributed by atoms with van der Waals surface area (Å²) in [6, 6.07) is 11.7. The van der Waals surface area contributed by atoms with Crippen molar-refractivity contribution in [2.75, 3.05) is 30.3 Å². The molecule has 0 saturated carbocycles. The van der Waals surface area contributed by atoms with Gasteiger partial charge in [-0.1, -0.05) is 53.0 Å². The Morgan fingerprint density at radius 2 is 1.70 bits per heavy atom. The van der Waals surface area contributed by atoms with Gasteiger partial charge >= 0.3 is 0 Å². The van der Waals surface area contributed by atoms with E-state index in [1.54, 1.807) is 12.1 Å². The molecule has 0 spiro atoms. The minimum atomic E-state index is -3.78. The number of carbonyl (C=O) groups excluding carboxylic acids is 1. The van der Waals surface area contributed by atoms with E-state index in [1.165, 1.54) is 12.1 Å². The summed E-state index contributed by atoms with van der Waals surface area (Å²) in [6.45, 7) is -0.00948. The Morgan fingerprint density at radius 1 is 1.07 bits per heavy atom. The van der Waals surface area contributed by atoms with Gasteiger partial charge in [0.15, 0.2) is 0 Å². The van der Waals surface area contributed by atoms with Gasteiger partial charge in [-0.15, -0.1) is 0 Å². The molecule has 0 bridgehead atoms. The molecule has 0 aliphatic carbocycles. The molecule has 1 N–H and O–H groups in total. The lowest BCUT2D eigenvalue weighted by atomic mass is 10.3. The number of nitrogens with one attached hydrogen (secondary N) is 1. The number of sulfonamides is 1. The molecule has 2 aromatic carbocycles. The molecule has 0 aromatic heterocycles. The number of hydrogen-bond donors (Lipinski definition) is 1. The molecule has 0 heterocycles. The molecule has 0 saturated heterocycles. The number of amides is 1. The molecule has 146 valence electrons. The van der Waals surface area contributed by atoms with Crippen LogP contribution in [0.25, 0.3) is 0 Å². The van der Waals surface area contributed by atoms with Crippen LogP contribution in [-0.4, -0.2) is 40.3 Å². The number of para-hydroxylation sites is 1. The molecular formula is C17H17Cl3N2O4S. The Labute approximate surface area is 173 Å². The first-order valence-corrected chi connectivity index (χ1v) is 10.7. The third-order valence-electron chi connectivity index (χ3n) is 3.38. The van der Waals surface area contributed by atoms with Gasteiger partial charge in [-0.05, 0) is 24.3 Å². The van der Waals surface area contributed by atoms with Crippen molar-refractivity contribution >= 4 is 56.4 Å². The minimum Gasteiger partial charge on any atom is -0.492 e. The van der Waals surface area contributed by atoms with Crippen LogP contribution in [0.15, 0.2) is 42.5 Å². The fourth-order valence-corrected chi connectivity index (χ4v) is 3.70. The van der Waals surface area contributed by atoms with Gasteiger partial charge < -0.3 is 10.1 Å². The average molecular weight is 452 g/mol. The van der Waals surface area contributed by atoms with Crippen LogP contribution >= 0.6 is 34.8 Å². The van der Waals surface area contributed by atoms with Crippen LogP contribution in [-0.2, 0) is 14.8 Å². The summed E-state index contributed by atoms with van der Waals surface area (Å²) in [5.41, 5.74) is 0.0734. The van der Waals surface area contributed by atoms with E-state index >= 15 is 0 Å². The summed E-state index contributed by atoms with van der Waals surface area (Å²) in [5.74, 6) is 0.159. The molecule has 0 atom stereocenters. The van der Waals surface area contributed by atoms with Crippen molar-refractivity contribution in [2.24, 2.45) is 0 Å². The van der Waals surface area contributed by atoms with E-state index in [0.29, 0.717) is 5.75 Å². The topological polar surface area (TPSA) is 75.7 Å². The van der Waals surface area contributed by atoms with Gasteiger partial charge in [0.1, 0.15) is 18.9 Å². The van der Waals surface area contributed by atoms with Crippen LogP contribution in [0.4, 0.5) is 5.69 Å². The number of benzene rings is 2. The molecule has 0 unspecified atom stereocenters. The highest BCUT2D eigenvalue weighted by molar-refractivity contribution is 7.92. The number of nitrogens with zero attached hydrogens (tertiary/aromatic N) is 1. The second-order valence-corrected chi connectivity index (χ2v) is 8.63. The summed E-state index contributed by atoms with van der Waals surface area (Å²) in [4.78, 5) is 12.2. The van der Waals surface area contributed by atoms with E-state index in [2.05, 4.69) is 5.32 Å². The van der Waals surface area contributed by atoms with Crippen molar-refractivity contribution in [3.8, 4) is 5.75 Å². The first kappa shape index (κ1) is 21.6. The monoisotopic (exact) mass is 450 g/mol. The zero-order chi connectivity index (χ0) is 20.0. The minimum absolute atomic E-state index is 0.0648. The van der Waals surface area contributed by atoms with Gasteiger partial charge in [-0.25, -0.2) is 8.42 Å². The quantitative estimate of drug-likeness (QED) is 0.491. The number of rotatable bonds is 8. The molecule has 0 aliphatic rings. The molecule has 0 fully saturated rings. The normalized spacial score (nSPS) is 11.1. The molecular weight excluding hydrogens is 435 g/mol. The fourth-order valence-electron chi connectivity index (χ4n) is 2.15. The number of halogens is 3. The maximum Gasteiger partial charge on any atom is 0.240 e. The van der Waals surface area contributed by atoms with Crippen LogP contribution in [0.2, 0.25) is 15.1 Å². The number of carbonyl (C=O) groups is 1. The average Bonchev–Trinajstić information content (AvgIpc) is 2.60. The summed E-state index contributed by atoms with van der Waals surface area (Å²) >= 11 is 17.9. The summed E-state index contributed by atoms with van der Waals surface area (Å²) < 4.78 is 30.6. The largest absolute Gasteiger partial charge is 0.492 e. The number of anilines is 1. The van der Waals surface area contributed by atoms with Crippen LogP contribution in [0, 0.1) is 0 Å². The van der Waals surface area contributed by atoms with Crippen molar-refractivity contribution in [2.45, 2.75) is 0 Å². The Morgan fingerprint density at radius 3 is 2.33 bits per heavy atom. The van der Waals surface area contributed by atoms with Gasteiger partial charge in [0.25, 0.3) is 0 Å². The SMILES string of the molecule is CS(=O)(=O)N(CC(=O)NCCOc1ccccc1)c1cc(Cl)c(Cl)cc1Cl. The number of hydrogen-bond acceptors (Lipinski definition) is 4. The van der Waals surface area contributed by atoms with Gasteiger partial charge in [0.2, 0.25) is 15.9 Å². The summed E-state index contributed by atoms with van der Waals surface area (Å²) in [6.07, 6.45) is 0.970. The second kappa shape index (κ2) is 9.50. The van der Waals surface area contributed by atoms with Gasteiger partial charge in [0, 0.05) is 0 Å². The predicted molar refractivity (Wildman–Crippen MR) is 109 cm³/mol. The lowest BCUT2D eigenvalue weighted by Crippen LogP contribution is -2.41. The maximum atomic E-state index is 12.2. The zero-order valence-corrected chi connectivity index (χ0v) is 17.4. The Hall–Kier alpha value is -1.67. The van der Waals surface area contributed by atoms with Crippen LogP contribution in [0.3, 0.4) is 0 Å². The third kappa shape index (κ3) is 6.46. The van der Waals surface area contributed by atoms with Crippen LogP contribution in [0.5, 0.6) is 5.75 Å².